The third-order valence-electron chi connectivity index (χ3n) is 4.99. The number of benzene rings is 1. The van der Waals surface area contributed by atoms with E-state index >= 15 is 0 Å². The Morgan fingerprint density at radius 1 is 1.37 bits per heavy atom. The van der Waals surface area contributed by atoms with Crippen LogP contribution in [0.4, 0.5) is 8.78 Å². The largest absolute Gasteiger partial charge is 0.496 e. The summed E-state index contributed by atoms with van der Waals surface area (Å²) in [4.78, 5) is 9.40. The van der Waals surface area contributed by atoms with Gasteiger partial charge in [-0.05, 0) is 18.1 Å². The summed E-state index contributed by atoms with van der Waals surface area (Å²) in [6, 6.07) is 9.22. The van der Waals surface area contributed by atoms with Crippen LogP contribution in [0.25, 0.3) is 10.9 Å². The molecule has 27 heavy (non-hydrogen) atoms. The molecule has 0 radical (unpaired) electrons. The van der Waals surface area contributed by atoms with Crippen molar-refractivity contribution in [1.82, 2.24) is 14.9 Å². The van der Waals surface area contributed by atoms with Gasteiger partial charge in [0.1, 0.15) is 10.9 Å². The molecule has 0 aliphatic carbocycles. The van der Waals surface area contributed by atoms with Gasteiger partial charge in [-0.1, -0.05) is 29.8 Å². The second-order valence-corrected chi connectivity index (χ2v) is 7.39. The first kappa shape index (κ1) is 18.2. The average Bonchev–Trinajstić information content (AvgIpc) is 2.99. The maximum atomic E-state index is 13.9. The molecule has 1 aromatic carbocycles. The molecule has 0 bridgehead atoms. The van der Waals surface area contributed by atoms with Crippen molar-refractivity contribution in [3.05, 3.63) is 58.5 Å². The minimum absolute atomic E-state index is 0.302. The Hall–Kier alpha value is -2.18. The first-order valence-electron chi connectivity index (χ1n) is 8.78. The fourth-order valence-corrected chi connectivity index (χ4v) is 4.12. The SMILES string of the molecule is COc1cc(Cl)ncc1C1c2[nH]c3ccccc3c2CCN1CC(C)(F)F. The van der Waals surface area contributed by atoms with Crippen molar-refractivity contribution in [3.63, 3.8) is 0 Å². The molecule has 1 N–H and O–H groups in total. The number of pyridine rings is 1. The van der Waals surface area contributed by atoms with E-state index in [-0.39, 0.29) is 6.54 Å². The lowest BCUT2D eigenvalue weighted by molar-refractivity contribution is -0.0243. The van der Waals surface area contributed by atoms with E-state index in [1.54, 1.807) is 24.3 Å². The quantitative estimate of drug-likeness (QED) is 0.648. The summed E-state index contributed by atoms with van der Waals surface area (Å²) in [7, 11) is 1.54. The van der Waals surface area contributed by atoms with Gasteiger partial charge in [-0.25, -0.2) is 13.8 Å². The summed E-state index contributed by atoms with van der Waals surface area (Å²) in [5.41, 5.74) is 3.79. The molecule has 0 saturated carbocycles. The van der Waals surface area contributed by atoms with Gasteiger partial charge >= 0.3 is 0 Å². The summed E-state index contributed by atoms with van der Waals surface area (Å²) < 4.78 is 33.3. The molecule has 142 valence electrons. The Bertz CT molecular complexity index is 983. The third kappa shape index (κ3) is 3.39. The lowest BCUT2D eigenvalue weighted by Crippen LogP contribution is -2.42. The van der Waals surface area contributed by atoms with E-state index in [1.165, 1.54) is 0 Å². The number of ether oxygens (including phenoxy) is 1. The smallest absolute Gasteiger partial charge is 0.257 e. The van der Waals surface area contributed by atoms with E-state index in [9.17, 15) is 8.78 Å². The molecule has 7 heteroatoms. The molecule has 3 aromatic rings. The van der Waals surface area contributed by atoms with Gasteiger partial charge in [0.2, 0.25) is 0 Å². The Kier molecular flexibility index (Phi) is 4.56. The number of hydrogen-bond acceptors (Lipinski definition) is 3. The number of halogens is 3. The summed E-state index contributed by atoms with van der Waals surface area (Å²) in [5.74, 6) is -2.27. The first-order chi connectivity index (χ1) is 12.9. The molecule has 4 nitrogen and oxygen atoms in total. The predicted octanol–water partition coefficient (Wildman–Crippen LogP) is 4.83. The number of rotatable bonds is 4. The highest BCUT2D eigenvalue weighted by Gasteiger charge is 2.37. The highest BCUT2D eigenvalue weighted by atomic mass is 35.5. The summed E-state index contributed by atoms with van der Waals surface area (Å²) in [6.45, 7) is 1.12. The van der Waals surface area contributed by atoms with Crippen molar-refractivity contribution in [2.45, 2.75) is 25.3 Å². The van der Waals surface area contributed by atoms with Gasteiger partial charge in [0.05, 0.1) is 19.7 Å². The molecule has 1 unspecified atom stereocenters. The van der Waals surface area contributed by atoms with Gasteiger partial charge in [-0.15, -0.1) is 0 Å². The number of fused-ring (bicyclic) bond motifs is 3. The number of nitrogens with zero attached hydrogens (tertiary/aromatic N) is 2. The van der Waals surface area contributed by atoms with Crippen LogP contribution < -0.4 is 4.74 Å². The van der Waals surface area contributed by atoms with Crippen molar-refractivity contribution in [3.8, 4) is 5.75 Å². The van der Waals surface area contributed by atoms with Crippen LogP contribution in [0.1, 0.15) is 29.8 Å². The Labute approximate surface area is 161 Å². The maximum Gasteiger partial charge on any atom is 0.257 e. The fourth-order valence-electron chi connectivity index (χ4n) is 3.98. The van der Waals surface area contributed by atoms with E-state index in [0.29, 0.717) is 23.9 Å². The molecule has 0 fully saturated rings. The summed E-state index contributed by atoms with van der Waals surface area (Å²) in [6.07, 6.45) is 2.32. The number of methoxy groups -OCH3 is 1. The highest BCUT2D eigenvalue weighted by molar-refractivity contribution is 6.29. The lowest BCUT2D eigenvalue weighted by Gasteiger charge is -2.37. The van der Waals surface area contributed by atoms with Crippen LogP contribution in [0.2, 0.25) is 5.15 Å². The average molecular weight is 392 g/mol. The fraction of sp³-hybridized carbons (Fsp3) is 0.350. The second-order valence-electron chi connectivity index (χ2n) is 7.01. The number of nitrogens with one attached hydrogen (secondary N) is 1. The lowest BCUT2D eigenvalue weighted by atomic mass is 9.92. The van der Waals surface area contributed by atoms with Gasteiger partial charge in [-0.2, -0.15) is 0 Å². The zero-order chi connectivity index (χ0) is 19.2. The van der Waals surface area contributed by atoms with E-state index in [2.05, 4.69) is 16.0 Å². The minimum Gasteiger partial charge on any atom is -0.496 e. The zero-order valence-corrected chi connectivity index (χ0v) is 15.9. The molecule has 0 amide bonds. The molecular weight excluding hydrogens is 372 g/mol. The molecule has 1 aliphatic heterocycles. The first-order valence-corrected chi connectivity index (χ1v) is 9.16. The predicted molar refractivity (Wildman–Crippen MR) is 102 cm³/mol. The van der Waals surface area contributed by atoms with Gasteiger partial charge in [0.15, 0.2) is 0 Å². The van der Waals surface area contributed by atoms with E-state index in [1.807, 2.05) is 18.2 Å². The number of para-hydroxylation sites is 1. The number of alkyl halides is 2. The normalized spacial score (nSPS) is 17.9. The van der Waals surface area contributed by atoms with Crippen molar-refractivity contribution in [1.29, 1.82) is 0 Å². The zero-order valence-electron chi connectivity index (χ0n) is 15.1. The molecule has 0 spiro atoms. The Morgan fingerprint density at radius 3 is 2.89 bits per heavy atom. The highest BCUT2D eigenvalue weighted by Crippen LogP contribution is 2.42. The molecule has 2 aromatic heterocycles. The van der Waals surface area contributed by atoms with Gasteiger partial charge < -0.3 is 9.72 Å². The Morgan fingerprint density at radius 2 is 2.15 bits per heavy atom. The van der Waals surface area contributed by atoms with E-state index in [4.69, 9.17) is 16.3 Å². The molecule has 0 saturated heterocycles. The van der Waals surface area contributed by atoms with Crippen LogP contribution in [0.15, 0.2) is 36.5 Å². The molecule has 1 atom stereocenters. The minimum atomic E-state index is -2.81. The number of H-pyrrole nitrogens is 1. The van der Waals surface area contributed by atoms with Gasteiger partial charge in [0, 0.05) is 47.9 Å². The topological polar surface area (TPSA) is 41.1 Å². The van der Waals surface area contributed by atoms with Gasteiger partial charge in [-0.3, -0.25) is 4.90 Å². The van der Waals surface area contributed by atoms with E-state index < -0.39 is 12.0 Å². The van der Waals surface area contributed by atoms with Crippen molar-refractivity contribution in [2.75, 3.05) is 20.2 Å². The monoisotopic (exact) mass is 391 g/mol. The number of aromatic amines is 1. The van der Waals surface area contributed by atoms with Crippen LogP contribution in [-0.2, 0) is 6.42 Å². The molecular formula is C20H20ClF2N3O. The number of aromatic nitrogens is 2. The van der Waals surface area contributed by atoms with Crippen LogP contribution in [0, 0.1) is 0 Å². The standard InChI is InChI=1S/C20H20ClF2N3O/c1-20(22,23)11-26-8-7-13-12-5-3-4-6-15(12)25-18(13)19(26)14-10-24-17(21)9-16(14)27-2/h3-6,9-10,19,25H,7-8,11H2,1-2H3. The van der Waals surface area contributed by atoms with Crippen LogP contribution in [0.5, 0.6) is 5.75 Å². The van der Waals surface area contributed by atoms with Gasteiger partial charge in [0.25, 0.3) is 5.92 Å². The van der Waals surface area contributed by atoms with Crippen LogP contribution in [-0.4, -0.2) is 41.0 Å². The molecule has 4 rings (SSSR count). The molecule has 1 aliphatic rings. The van der Waals surface area contributed by atoms with Crippen LogP contribution in [0.3, 0.4) is 0 Å². The summed E-state index contributed by atoms with van der Waals surface area (Å²) in [5, 5.41) is 1.43. The van der Waals surface area contributed by atoms with Crippen LogP contribution >= 0.6 is 11.6 Å². The van der Waals surface area contributed by atoms with E-state index in [0.717, 1.165) is 34.6 Å². The molecule has 3 heterocycles. The summed E-state index contributed by atoms with van der Waals surface area (Å²) >= 11 is 6.01. The second kappa shape index (κ2) is 6.77. The maximum absolute atomic E-state index is 13.9. The van der Waals surface area contributed by atoms with Crippen molar-refractivity contribution in [2.24, 2.45) is 0 Å². The Balaban J connectivity index is 1.90. The van der Waals surface area contributed by atoms with Crippen molar-refractivity contribution >= 4 is 22.5 Å². The van der Waals surface area contributed by atoms with Crippen molar-refractivity contribution < 1.29 is 13.5 Å². The third-order valence-corrected chi connectivity index (χ3v) is 5.20. The number of hydrogen-bond donors (Lipinski definition) is 1.